The monoisotopic (exact) mass is 694 g/mol. The van der Waals surface area contributed by atoms with Gasteiger partial charge in [-0.1, -0.05) is 129 Å². The Kier molecular flexibility index (Phi) is 8.45. The molecule has 0 saturated heterocycles. The van der Waals surface area contributed by atoms with Crippen LogP contribution < -0.4 is 0 Å². The molecule has 268 valence electrons. The van der Waals surface area contributed by atoms with Crippen LogP contribution in [0, 0.1) is 0 Å². The van der Waals surface area contributed by atoms with Crippen molar-refractivity contribution >= 4 is 43.6 Å². The SMILES string of the molecule is CCC(C)(C)c1ccc2c(c1)c1ccccc1n2-c1ccc(-c2cccc(-n3c4ccc(C(C)(C)CC)cc4c4ccc(C(C)(C)CC)cc43)c2)cc1. The number of para-hydroxylation sites is 1. The van der Waals surface area contributed by atoms with Crippen molar-refractivity contribution in [1.29, 1.82) is 0 Å². The van der Waals surface area contributed by atoms with Crippen molar-refractivity contribution in [2.24, 2.45) is 0 Å². The molecule has 0 saturated carbocycles. The maximum absolute atomic E-state index is 2.49. The second-order valence-corrected chi connectivity index (χ2v) is 17.2. The van der Waals surface area contributed by atoms with E-state index in [1.807, 2.05) is 0 Å². The van der Waals surface area contributed by atoms with Crippen molar-refractivity contribution in [2.45, 2.75) is 97.8 Å². The predicted octanol–water partition coefficient (Wildman–Crippen LogP) is 14.6. The molecule has 6 aromatic carbocycles. The van der Waals surface area contributed by atoms with Crippen molar-refractivity contribution in [3.05, 3.63) is 144 Å². The summed E-state index contributed by atoms with van der Waals surface area (Å²) in [4.78, 5) is 0. The van der Waals surface area contributed by atoms with Crippen molar-refractivity contribution in [2.75, 3.05) is 0 Å². The molecular formula is C51H54N2. The first-order chi connectivity index (χ1) is 25.4. The molecule has 0 amide bonds. The Hall–Kier alpha value is -5.08. The Labute approximate surface area is 316 Å². The molecule has 0 radical (unpaired) electrons. The van der Waals surface area contributed by atoms with Crippen LogP contribution in [0.3, 0.4) is 0 Å². The largest absolute Gasteiger partial charge is 0.309 e. The smallest absolute Gasteiger partial charge is 0.0544 e. The van der Waals surface area contributed by atoms with Crippen LogP contribution in [0.15, 0.2) is 127 Å². The molecule has 0 fully saturated rings. The third kappa shape index (κ3) is 5.79. The first-order valence-corrected chi connectivity index (χ1v) is 19.7. The maximum Gasteiger partial charge on any atom is 0.0544 e. The fourth-order valence-corrected chi connectivity index (χ4v) is 8.05. The van der Waals surface area contributed by atoms with Gasteiger partial charge in [0, 0.05) is 32.9 Å². The zero-order chi connectivity index (χ0) is 37.3. The van der Waals surface area contributed by atoms with Gasteiger partial charge in [-0.3, -0.25) is 0 Å². The fraction of sp³-hybridized carbons (Fsp3) is 0.294. The van der Waals surface area contributed by atoms with E-state index in [1.54, 1.807) is 0 Å². The Balaban J connectivity index is 1.24. The first-order valence-electron chi connectivity index (χ1n) is 19.7. The number of nitrogens with zero attached hydrogens (tertiary/aromatic N) is 2. The van der Waals surface area contributed by atoms with Gasteiger partial charge >= 0.3 is 0 Å². The molecule has 2 nitrogen and oxygen atoms in total. The third-order valence-electron chi connectivity index (χ3n) is 13.0. The summed E-state index contributed by atoms with van der Waals surface area (Å²) < 4.78 is 4.92. The standard InChI is InChI=1S/C51H54N2/c1-10-49(4,5)36-23-28-46-43(31-36)41-18-13-14-19-45(41)52(46)39-25-20-34(21-26-39)35-16-15-17-40(30-35)53-47-29-24-37(50(6,7)11-2)32-44(47)42-27-22-38(33-48(42)53)51(8,9)12-3/h13-33H,10-12H2,1-9H3. The van der Waals surface area contributed by atoms with Crippen molar-refractivity contribution < 1.29 is 0 Å². The Morgan fingerprint density at radius 2 is 0.849 bits per heavy atom. The summed E-state index contributed by atoms with van der Waals surface area (Å²) in [5, 5.41) is 5.26. The van der Waals surface area contributed by atoms with Crippen LogP contribution >= 0.6 is 0 Å². The van der Waals surface area contributed by atoms with E-state index < -0.39 is 0 Å². The molecule has 0 aliphatic heterocycles. The van der Waals surface area contributed by atoms with Gasteiger partial charge in [0.05, 0.1) is 22.1 Å². The van der Waals surface area contributed by atoms with Gasteiger partial charge < -0.3 is 9.13 Å². The number of hydrogen-bond acceptors (Lipinski definition) is 0. The van der Waals surface area contributed by atoms with Gasteiger partial charge in [-0.15, -0.1) is 0 Å². The van der Waals surface area contributed by atoms with Crippen LogP contribution in [0.4, 0.5) is 0 Å². The lowest BCUT2D eigenvalue weighted by Gasteiger charge is -2.23. The van der Waals surface area contributed by atoms with E-state index in [1.165, 1.54) is 82.8 Å². The summed E-state index contributed by atoms with van der Waals surface area (Å²) in [6, 6.07) is 48.5. The van der Waals surface area contributed by atoms with E-state index in [0.29, 0.717) is 0 Å². The van der Waals surface area contributed by atoms with Gasteiger partial charge in [-0.05, 0) is 124 Å². The highest BCUT2D eigenvalue weighted by molar-refractivity contribution is 6.10. The molecule has 2 heterocycles. The zero-order valence-corrected chi connectivity index (χ0v) is 33.1. The van der Waals surface area contributed by atoms with Crippen LogP contribution in [0.5, 0.6) is 0 Å². The summed E-state index contributed by atoms with van der Waals surface area (Å²) in [5.41, 5.74) is 14.3. The topological polar surface area (TPSA) is 9.86 Å². The summed E-state index contributed by atoms with van der Waals surface area (Å²) >= 11 is 0. The highest BCUT2D eigenvalue weighted by Crippen LogP contribution is 2.40. The van der Waals surface area contributed by atoms with Gasteiger partial charge in [-0.2, -0.15) is 0 Å². The van der Waals surface area contributed by atoms with E-state index in [9.17, 15) is 0 Å². The summed E-state index contributed by atoms with van der Waals surface area (Å²) in [7, 11) is 0. The lowest BCUT2D eigenvalue weighted by atomic mass is 9.81. The van der Waals surface area contributed by atoms with Gasteiger partial charge in [0.25, 0.3) is 0 Å². The minimum absolute atomic E-state index is 0.0964. The molecule has 0 bridgehead atoms. The average molecular weight is 695 g/mol. The second kappa shape index (κ2) is 12.8. The average Bonchev–Trinajstić information content (AvgIpc) is 3.69. The molecule has 8 rings (SSSR count). The van der Waals surface area contributed by atoms with Gasteiger partial charge in [-0.25, -0.2) is 0 Å². The van der Waals surface area contributed by atoms with E-state index in [2.05, 4.69) is 199 Å². The number of rotatable bonds is 9. The van der Waals surface area contributed by atoms with Crippen molar-refractivity contribution in [3.8, 4) is 22.5 Å². The number of hydrogen-bond donors (Lipinski definition) is 0. The number of aromatic nitrogens is 2. The van der Waals surface area contributed by atoms with E-state index in [0.717, 1.165) is 19.3 Å². The molecule has 0 spiro atoms. The van der Waals surface area contributed by atoms with Gasteiger partial charge in [0.1, 0.15) is 0 Å². The molecule has 0 aliphatic carbocycles. The molecule has 0 atom stereocenters. The third-order valence-corrected chi connectivity index (χ3v) is 13.0. The molecule has 2 aromatic heterocycles. The lowest BCUT2D eigenvalue weighted by Crippen LogP contribution is -2.15. The summed E-state index contributed by atoms with van der Waals surface area (Å²) in [6.07, 6.45) is 3.29. The Morgan fingerprint density at radius 3 is 1.43 bits per heavy atom. The molecule has 8 aromatic rings. The quantitative estimate of drug-likeness (QED) is 0.142. The fourth-order valence-electron chi connectivity index (χ4n) is 8.05. The van der Waals surface area contributed by atoms with Crippen LogP contribution in [0.25, 0.3) is 66.1 Å². The highest BCUT2D eigenvalue weighted by Gasteiger charge is 2.24. The lowest BCUT2D eigenvalue weighted by molar-refractivity contribution is 0.506. The molecule has 2 heteroatoms. The van der Waals surface area contributed by atoms with Crippen LogP contribution in [0.2, 0.25) is 0 Å². The zero-order valence-electron chi connectivity index (χ0n) is 33.1. The van der Waals surface area contributed by atoms with Crippen LogP contribution in [0.1, 0.15) is 98.3 Å². The molecule has 0 unspecified atom stereocenters. The molecule has 0 aliphatic rings. The van der Waals surface area contributed by atoms with Crippen molar-refractivity contribution in [1.82, 2.24) is 9.13 Å². The van der Waals surface area contributed by atoms with Gasteiger partial charge in [0.2, 0.25) is 0 Å². The van der Waals surface area contributed by atoms with E-state index >= 15 is 0 Å². The minimum atomic E-state index is 0.0964. The Bertz CT molecular complexity index is 2640. The molecular weight excluding hydrogens is 641 g/mol. The number of fused-ring (bicyclic) bond motifs is 6. The summed E-state index contributed by atoms with van der Waals surface area (Å²) in [6.45, 7) is 21.0. The van der Waals surface area contributed by atoms with E-state index in [4.69, 9.17) is 0 Å². The first kappa shape index (κ1) is 35.0. The minimum Gasteiger partial charge on any atom is -0.309 e. The molecule has 53 heavy (non-hydrogen) atoms. The van der Waals surface area contributed by atoms with Crippen molar-refractivity contribution in [3.63, 3.8) is 0 Å². The molecule has 0 N–H and O–H groups in total. The summed E-state index contributed by atoms with van der Waals surface area (Å²) in [5.74, 6) is 0. The van der Waals surface area contributed by atoms with Gasteiger partial charge in [0.15, 0.2) is 0 Å². The normalized spacial score (nSPS) is 12.8. The Morgan fingerprint density at radius 1 is 0.358 bits per heavy atom. The maximum atomic E-state index is 2.49. The predicted molar refractivity (Wildman–Crippen MR) is 231 cm³/mol. The van der Waals surface area contributed by atoms with Crippen LogP contribution in [-0.4, -0.2) is 9.13 Å². The van der Waals surface area contributed by atoms with E-state index in [-0.39, 0.29) is 16.2 Å². The highest BCUT2D eigenvalue weighted by atomic mass is 15.0. The number of benzene rings is 6. The second-order valence-electron chi connectivity index (χ2n) is 17.2. The van der Waals surface area contributed by atoms with Crippen LogP contribution in [-0.2, 0) is 16.2 Å².